The lowest BCUT2D eigenvalue weighted by molar-refractivity contribution is -0.117. The van der Waals surface area contributed by atoms with Crippen LogP contribution in [0.4, 0.5) is 5.69 Å². The van der Waals surface area contributed by atoms with Crippen molar-refractivity contribution in [3.63, 3.8) is 0 Å². The highest BCUT2D eigenvalue weighted by atomic mass is 16.5. The first-order valence-electron chi connectivity index (χ1n) is 10.8. The van der Waals surface area contributed by atoms with Gasteiger partial charge in [-0.2, -0.15) is 0 Å². The highest BCUT2D eigenvalue weighted by Gasteiger charge is 2.23. The molecular formula is C24H28N2O5. The summed E-state index contributed by atoms with van der Waals surface area (Å²) in [6, 6.07) is 8.57. The van der Waals surface area contributed by atoms with Gasteiger partial charge in [0.25, 0.3) is 0 Å². The van der Waals surface area contributed by atoms with Crippen molar-refractivity contribution in [3.8, 4) is 0 Å². The number of anilines is 1. The van der Waals surface area contributed by atoms with Crippen molar-refractivity contribution in [1.29, 1.82) is 0 Å². The summed E-state index contributed by atoms with van der Waals surface area (Å²) in [4.78, 5) is 38.6. The third kappa shape index (κ3) is 4.56. The number of carbonyl (C=O) groups is 3. The number of hydrogen-bond donors (Lipinski definition) is 0. The largest absolute Gasteiger partial charge is 0.454 e. The van der Waals surface area contributed by atoms with Crippen molar-refractivity contribution in [2.75, 3.05) is 24.7 Å². The molecule has 1 unspecified atom stereocenters. The number of hydrogen-bond acceptors (Lipinski definition) is 5. The maximum Gasteiger partial charge on any atom is 0.338 e. The Kier molecular flexibility index (Phi) is 6.23. The van der Waals surface area contributed by atoms with Crippen LogP contribution in [0.15, 0.2) is 30.3 Å². The topological polar surface area (TPSA) is 77.8 Å². The van der Waals surface area contributed by atoms with E-state index in [1.807, 2.05) is 19.9 Å². The number of ether oxygens (including phenoxy) is 2. The first kappa shape index (κ1) is 21.3. The number of amides is 1. The molecule has 2 aliphatic heterocycles. The van der Waals surface area contributed by atoms with Crippen LogP contribution in [0.25, 0.3) is 0 Å². The van der Waals surface area contributed by atoms with Crippen LogP contribution in [0.3, 0.4) is 0 Å². The summed E-state index contributed by atoms with van der Waals surface area (Å²) in [5.41, 5.74) is 3.57. The number of benzene rings is 1. The van der Waals surface area contributed by atoms with Crippen molar-refractivity contribution in [3.05, 3.63) is 52.8 Å². The van der Waals surface area contributed by atoms with Gasteiger partial charge in [0, 0.05) is 48.8 Å². The molecule has 1 atom stereocenters. The van der Waals surface area contributed by atoms with Crippen molar-refractivity contribution >= 4 is 23.3 Å². The quantitative estimate of drug-likeness (QED) is 0.503. The van der Waals surface area contributed by atoms with Crippen LogP contribution in [-0.2, 0) is 20.8 Å². The number of rotatable bonds is 7. The van der Waals surface area contributed by atoms with Gasteiger partial charge in [-0.3, -0.25) is 9.59 Å². The standard InChI is InChI=1S/C24H28N2O5/c1-16-13-21(17(2)26(16)14-20-5-4-12-30-20)22(27)15-31-24(29)18-7-9-19(10-8-18)25-11-3-6-23(25)28/h7-10,13,20H,3-6,11-12,14-15H2,1-2H3. The highest BCUT2D eigenvalue weighted by molar-refractivity contribution is 6.00. The van der Waals surface area contributed by atoms with Crippen LogP contribution in [0.5, 0.6) is 0 Å². The van der Waals surface area contributed by atoms with E-state index in [2.05, 4.69) is 4.57 Å². The molecule has 0 saturated carbocycles. The predicted octanol–water partition coefficient (Wildman–Crippen LogP) is 3.45. The molecule has 0 bridgehead atoms. The van der Waals surface area contributed by atoms with Crippen molar-refractivity contribution in [2.24, 2.45) is 0 Å². The Morgan fingerprint density at radius 2 is 1.94 bits per heavy atom. The van der Waals surface area contributed by atoms with Crippen LogP contribution in [0, 0.1) is 13.8 Å². The van der Waals surface area contributed by atoms with E-state index in [4.69, 9.17) is 9.47 Å². The molecular weight excluding hydrogens is 396 g/mol. The van der Waals surface area contributed by atoms with Gasteiger partial charge in [0.15, 0.2) is 6.61 Å². The first-order valence-corrected chi connectivity index (χ1v) is 10.8. The van der Waals surface area contributed by atoms with Crippen LogP contribution < -0.4 is 4.90 Å². The van der Waals surface area contributed by atoms with E-state index in [1.54, 1.807) is 29.2 Å². The van der Waals surface area contributed by atoms with E-state index in [9.17, 15) is 14.4 Å². The Morgan fingerprint density at radius 3 is 2.58 bits per heavy atom. The number of aromatic nitrogens is 1. The molecule has 2 aliphatic rings. The Hall–Kier alpha value is -2.93. The monoisotopic (exact) mass is 424 g/mol. The average molecular weight is 424 g/mol. The van der Waals surface area contributed by atoms with E-state index in [-0.39, 0.29) is 24.4 Å². The molecule has 7 nitrogen and oxygen atoms in total. The van der Waals surface area contributed by atoms with Gasteiger partial charge in [-0.05, 0) is 63.4 Å². The summed E-state index contributed by atoms with van der Waals surface area (Å²) in [5.74, 6) is -0.682. The average Bonchev–Trinajstić information content (AvgIpc) is 3.50. The smallest absolute Gasteiger partial charge is 0.338 e. The van der Waals surface area contributed by atoms with E-state index in [0.717, 1.165) is 49.5 Å². The maximum absolute atomic E-state index is 12.7. The highest BCUT2D eigenvalue weighted by Crippen LogP contribution is 2.23. The van der Waals surface area contributed by atoms with E-state index in [0.29, 0.717) is 24.1 Å². The van der Waals surface area contributed by atoms with Crippen molar-refractivity contribution in [2.45, 2.75) is 52.2 Å². The molecule has 7 heteroatoms. The van der Waals surface area contributed by atoms with Crippen LogP contribution in [0.2, 0.25) is 0 Å². The van der Waals surface area contributed by atoms with E-state index in [1.165, 1.54) is 0 Å². The minimum Gasteiger partial charge on any atom is -0.454 e. The molecule has 0 N–H and O–H groups in total. The fourth-order valence-corrected chi connectivity index (χ4v) is 4.35. The molecule has 0 aliphatic carbocycles. The Balaban J connectivity index is 1.36. The molecule has 4 rings (SSSR count). The summed E-state index contributed by atoms with van der Waals surface area (Å²) in [5, 5.41) is 0. The zero-order valence-electron chi connectivity index (χ0n) is 18.1. The van der Waals surface area contributed by atoms with Crippen LogP contribution >= 0.6 is 0 Å². The minimum absolute atomic E-state index is 0.0954. The summed E-state index contributed by atoms with van der Waals surface area (Å²) < 4.78 is 13.1. The normalized spacial score (nSPS) is 18.6. The third-order valence-corrected chi connectivity index (χ3v) is 6.11. The summed E-state index contributed by atoms with van der Waals surface area (Å²) >= 11 is 0. The second-order valence-electron chi connectivity index (χ2n) is 8.23. The summed E-state index contributed by atoms with van der Waals surface area (Å²) in [6.07, 6.45) is 3.69. The lowest BCUT2D eigenvalue weighted by atomic mass is 10.1. The number of carbonyl (C=O) groups excluding carboxylic acids is 3. The number of ketones is 1. The van der Waals surface area contributed by atoms with Gasteiger partial charge in [-0.15, -0.1) is 0 Å². The molecule has 2 saturated heterocycles. The molecule has 2 aromatic rings. The number of aryl methyl sites for hydroxylation is 1. The van der Waals surface area contributed by atoms with Gasteiger partial charge in [0.05, 0.1) is 11.7 Å². The number of Topliss-reactive ketones (excluding diaryl/α,β-unsaturated/α-hetero) is 1. The van der Waals surface area contributed by atoms with Gasteiger partial charge in [0.1, 0.15) is 0 Å². The summed E-state index contributed by atoms with van der Waals surface area (Å²) in [6.45, 7) is 5.79. The van der Waals surface area contributed by atoms with Gasteiger partial charge in [-0.25, -0.2) is 4.79 Å². The maximum atomic E-state index is 12.7. The van der Waals surface area contributed by atoms with Gasteiger partial charge in [0.2, 0.25) is 11.7 Å². The molecule has 1 aromatic carbocycles. The van der Waals surface area contributed by atoms with Gasteiger partial charge in [-0.1, -0.05) is 0 Å². The first-order chi connectivity index (χ1) is 14.9. The molecule has 0 radical (unpaired) electrons. The molecule has 1 aromatic heterocycles. The Bertz CT molecular complexity index is 986. The molecule has 3 heterocycles. The Morgan fingerprint density at radius 1 is 1.16 bits per heavy atom. The van der Waals surface area contributed by atoms with Gasteiger partial charge >= 0.3 is 5.97 Å². The fourth-order valence-electron chi connectivity index (χ4n) is 4.35. The molecule has 164 valence electrons. The second-order valence-corrected chi connectivity index (χ2v) is 8.23. The predicted molar refractivity (Wildman–Crippen MR) is 116 cm³/mol. The van der Waals surface area contributed by atoms with E-state index < -0.39 is 5.97 Å². The zero-order valence-corrected chi connectivity index (χ0v) is 18.1. The zero-order chi connectivity index (χ0) is 22.0. The lowest BCUT2D eigenvalue weighted by Crippen LogP contribution is -2.23. The lowest BCUT2D eigenvalue weighted by Gasteiger charge is -2.15. The Labute approximate surface area is 181 Å². The van der Waals surface area contributed by atoms with Crippen LogP contribution in [-0.4, -0.2) is 48.1 Å². The molecule has 2 fully saturated rings. The number of nitrogens with zero attached hydrogens (tertiary/aromatic N) is 2. The summed E-state index contributed by atoms with van der Waals surface area (Å²) in [7, 11) is 0. The second kappa shape index (κ2) is 9.06. The fraction of sp³-hybridized carbons (Fsp3) is 0.458. The van der Waals surface area contributed by atoms with Gasteiger partial charge < -0.3 is 18.9 Å². The molecule has 1 amide bonds. The van der Waals surface area contributed by atoms with Crippen molar-refractivity contribution in [1.82, 2.24) is 4.57 Å². The number of esters is 1. The SMILES string of the molecule is Cc1cc(C(=O)COC(=O)c2ccc(N3CCCC3=O)cc2)c(C)n1CC1CCCO1. The van der Waals surface area contributed by atoms with Crippen LogP contribution in [0.1, 0.15) is 57.8 Å². The van der Waals surface area contributed by atoms with Crippen molar-refractivity contribution < 1.29 is 23.9 Å². The third-order valence-electron chi connectivity index (χ3n) is 6.11. The molecule has 0 spiro atoms. The minimum atomic E-state index is -0.555. The molecule has 31 heavy (non-hydrogen) atoms. The van der Waals surface area contributed by atoms with E-state index >= 15 is 0 Å².